The number of carbonyl (C=O) groups excluding carboxylic acids is 1. The molecule has 3 heteroatoms. The lowest BCUT2D eigenvalue weighted by Gasteiger charge is -2.65. The Labute approximate surface area is 141 Å². The number of esters is 1. The Morgan fingerprint density at radius 3 is 2.26 bits per heavy atom. The molecule has 1 saturated heterocycles. The van der Waals surface area contributed by atoms with Crippen molar-refractivity contribution in [1.82, 2.24) is 0 Å². The molecule has 5 atom stereocenters. The average Bonchev–Trinajstić information content (AvgIpc) is 2.44. The Morgan fingerprint density at radius 1 is 0.957 bits per heavy atom. The minimum Gasteiger partial charge on any atom is -0.467 e. The molecular weight excluding hydrogens is 288 g/mol. The first-order valence-electron chi connectivity index (χ1n) is 9.36. The van der Waals surface area contributed by atoms with E-state index in [0.29, 0.717) is 16.7 Å². The summed E-state index contributed by atoms with van der Waals surface area (Å²) in [5.41, 5.74) is -0.198. The van der Waals surface area contributed by atoms with Crippen LogP contribution in [0, 0.1) is 22.7 Å². The van der Waals surface area contributed by atoms with E-state index in [1.165, 1.54) is 32.8 Å². The van der Waals surface area contributed by atoms with Crippen molar-refractivity contribution in [3.8, 4) is 0 Å². The number of hydrogen-bond acceptors (Lipinski definition) is 3. The number of methoxy groups -OCH3 is 1. The van der Waals surface area contributed by atoms with E-state index in [0.717, 1.165) is 25.2 Å². The molecule has 0 spiro atoms. The van der Waals surface area contributed by atoms with Crippen molar-refractivity contribution in [2.24, 2.45) is 22.7 Å². The highest BCUT2D eigenvalue weighted by atomic mass is 16.6. The fourth-order valence-electron chi connectivity index (χ4n) is 6.71. The zero-order chi connectivity index (χ0) is 17.1. The lowest BCUT2D eigenvalue weighted by molar-refractivity contribution is -0.266. The van der Waals surface area contributed by atoms with E-state index in [1.54, 1.807) is 0 Å². The van der Waals surface area contributed by atoms with Gasteiger partial charge in [0.25, 0.3) is 0 Å². The predicted molar refractivity (Wildman–Crippen MR) is 91.1 cm³/mol. The molecule has 23 heavy (non-hydrogen) atoms. The van der Waals surface area contributed by atoms with Gasteiger partial charge in [0.15, 0.2) is 5.60 Å². The molecule has 0 N–H and O–H groups in total. The highest BCUT2D eigenvalue weighted by Crippen LogP contribution is 2.65. The second kappa shape index (κ2) is 5.21. The van der Waals surface area contributed by atoms with Gasteiger partial charge in [0.2, 0.25) is 0 Å². The van der Waals surface area contributed by atoms with Gasteiger partial charge in [0.1, 0.15) is 0 Å². The standard InChI is InChI=1S/C20H34O3/c1-17(2)10-7-11-18(3)14(17)8-12-19(4)15(18)9-13-20(5,23-19)16(21)22-6/h14-15H,7-13H2,1-6H3/t14-,15+,18-,19+,20+/m0/s1. The first kappa shape index (κ1) is 17.3. The van der Waals surface area contributed by atoms with Gasteiger partial charge in [-0.05, 0) is 75.0 Å². The van der Waals surface area contributed by atoms with Crippen LogP contribution in [-0.4, -0.2) is 24.3 Å². The smallest absolute Gasteiger partial charge is 0.337 e. The number of rotatable bonds is 1. The maximum Gasteiger partial charge on any atom is 0.337 e. The summed E-state index contributed by atoms with van der Waals surface area (Å²) in [6, 6.07) is 0. The van der Waals surface area contributed by atoms with Crippen LogP contribution in [0.2, 0.25) is 0 Å². The van der Waals surface area contributed by atoms with Gasteiger partial charge >= 0.3 is 5.97 Å². The van der Waals surface area contributed by atoms with Crippen LogP contribution >= 0.6 is 0 Å². The van der Waals surface area contributed by atoms with Crippen molar-refractivity contribution in [2.75, 3.05) is 7.11 Å². The summed E-state index contributed by atoms with van der Waals surface area (Å²) in [5.74, 6) is 1.10. The number of fused-ring (bicyclic) bond motifs is 3. The topological polar surface area (TPSA) is 35.5 Å². The fourth-order valence-corrected chi connectivity index (χ4v) is 6.71. The second-order valence-electron chi connectivity index (χ2n) is 9.67. The van der Waals surface area contributed by atoms with E-state index in [2.05, 4.69) is 27.7 Å². The first-order valence-corrected chi connectivity index (χ1v) is 9.36. The molecule has 0 aromatic rings. The molecule has 3 fully saturated rings. The molecule has 0 aromatic heterocycles. The Balaban J connectivity index is 1.92. The van der Waals surface area contributed by atoms with E-state index in [-0.39, 0.29) is 11.6 Å². The quantitative estimate of drug-likeness (QED) is 0.655. The van der Waals surface area contributed by atoms with Gasteiger partial charge in [-0.15, -0.1) is 0 Å². The summed E-state index contributed by atoms with van der Waals surface area (Å²) in [5, 5.41) is 0. The van der Waals surface area contributed by atoms with Crippen molar-refractivity contribution >= 4 is 5.97 Å². The van der Waals surface area contributed by atoms with Crippen LogP contribution in [0.4, 0.5) is 0 Å². The summed E-state index contributed by atoms with van der Waals surface area (Å²) < 4.78 is 11.5. The summed E-state index contributed by atoms with van der Waals surface area (Å²) in [4.78, 5) is 12.2. The van der Waals surface area contributed by atoms with Crippen molar-refractivity contribution in [3.05, 3.63) is 0 Å². The number of ether oxygens (including phenoxy) is 2. The highest BCUT2D eigenvalue weighted by Gasteiger charge is 2.62. The molecule has 0 bridgehead atoms. The number of hydrogen-bond donors (Lipinski definition) is 0. The maximum atomic E-state index is 12.2. The van der Waals surface area contributed by atoms with Gasteiger partial charge in [-0.2, -0.15) is 0 Å². The maximum absolute atomic E-state index is 12.2. The predicted octanol–water partition coefficient (Wildman–Crippen LogP) is 4.73. The molecule has 0 amide bonds. The van der Waals surface area contributed by atoms with Crippen LogP contribution in [0.1, 0.15) is 79.6 Å². The minimum absolute atomic E-state index is 0.195. The Morgan fingerprint density at radius 2 is 1.61 bits per heavy atom. The molecule has 0 unspecified atom stereocenters. The summed E-state index contributed by atoms with van der Waals surface area (Å²) >= 11 is 0. The Bertz CT molecular complexity index is 499. The summed E-state index contributed by atoms with van der Waals surface area (Å²) in [6.45, 7) is 11.6. The lowest BCUT2D eigenvalue weighted by Crippen LogP contribution is -2.64. The molecule has 0 aromatic carbocycles. The van der Waals surface area contributed by atoms with E-state index in [9.17, 15) is 4.79 Å². The lowest BCUT2D eigenvalue weighted by atomic mass is 9.44. The first-order chi connectivity index (χ1) is 10.6. The van der Waals surface area contributed by atoms with E-state index >= 15 is 0 Å². The van der Waals surface area contributed by atoms with Crippen molar-refractivity contribution in [2.45, 2.75) is 90.8 Å². The summed E-state index contributed by atoms with van der Waals surface area (Å²) in [6.07, 6.45) is 8.10. The van der Waals surface area contributed by atoms with Crippen LogP contribution in [0.25, 0.3) is 0 Å². The second-order valence-corrected chi connectivity index (χ2v) is 9.67. The average molecular weight is 322 g/mol. The van der Waals surface area contributed by atoms with Crippen molar-refractivity contribution in [3.63, 3.8) is 0 Å². The molecule has 132 valence electrons. The molecule has 3 rings (SSSR count). The molecule has 3 nitrogen and oxygen atoms in total. The largest absolute Gasteiger partial charge is 0.467 e. The van der Waals surface area contributed by atoms with Gasteiger partial charge in [-0.3, -0.25) is 0 Å². The fraction of sp³-hybridized carbons (Fsp3) is 0.950. The Kier molecular flexibility index (Phi) is 3.91. The van der Waals surface area contributed by atoms with Gasteiger partial charge < -0.3 is 9.47 Å². The van der Waals surface area contributed by atoms with E-state index < -0.39 is 5.60 Å². The van der Waals surface area contributed by atoms with Crippen molar-refractivity contribution < 1.29 is 14.3 Å². The van der Waals surface area contributed by atoms with Crippen LogP contribution in [0.5, 0.6) is 0 Å². The third-order valence-electron chi connectivity index (χ3n) is 7.72. The molecule has 2 aliphatic carbocycles. The van der Waals surface area contributed by atoms with Crippen LogP contribution < -0.4 is 0 Å². The van der Waals surface area contributed by atoms with Crippen LogP contribution in [0.15, 0.2) is 0 Å². The molecular formula is C20H34O3. The number of carbonyl (C=O) groups is 1. The zero-order valence-corrected chi connectivity index (χ0v) is 15.8. The highest BCUT2D eigenvalue weighted by molar-refractivity contribution is 5.79. The molecule has 3 aliphatic rings. The molecule has 0 radical (unpaired) electrons. The normalized spacial score (nSPS) is 49.0. The van der Waals surface area contributed by atoms with Crippen molar-refractivity contribution in [1.29, 1.82) is 0 Å². The van der Waals surface area contributed by atoms with Crippen LogP contribution in [0.3, 0.4) is 0 Å². The minimum atomic E-state index is -0.770. The molecule has 1 heterocycles. The third-order valence-corrected chi connectivity index (χ3v) is 7.72. The third kappa shape index (κ3) is 2.45. The molecule has 1 aliphatic heterocycles. The SMILES string of the molecule is COC(=O)[C@@]1(C)CC[C@@H]2[C@@]3(C)CCCC(C)(C)[C@@H]3CC[C@@]2(C)O1. The van der Waals surface area contributed by atoms with Crippen LogP contribution in [-0.2, 0) is 14.3 Å². The zero-order valence-electron chi connectivity index (χ0n) is 15.8. The van der Waals surface area contributed by atoms with Gasteiger partial charge in [0, 0.05) is 0 Å². The van der Waals surface area contributed by atoms with Gasteiger partial charge in [-0.1, -0.05) is 27.2 Å². The summed E-state index contributed by atoms with van der Waals surface area (Å²) in [7, 11) is 1.47. The van der Waals surface area contributed by atoms with Gasteiger partial charge in [0.05, 0.1) is 12.7 Å². The van der Waals surface area contributed by atoms with E-state index in [4.69, 9.17) is 9.47 Å². The Hall–Kier alpha value is -0.570. The van der Waals surface area contributed by atoms with Gasteiger partial charge in [-0.25, -0.2) is 4.79 Å². The monoisotopic (exact) mass is 322 g/mol. The molecule has 2 saturated carbocycles. The van der Waals surface area contributed by atoms with E-state index in [1.807, 2.05) is 6.92 Å².